The van der Waals surface area contributed by atoms with Gasteiger partial charge in [-0.1, -0.05) is 5.21 Å². The summed E-state index contributed by atoms with van der Waals surface area (Å²) in [7, 11) is 0. The molecule has 0 aliphatic carbocycles. The average molecular weight is 260 g/mol. The highest BCUT2D eigenvalue weighted by Gasteiger charge is 2.06. The molecule has 2 heterocycles. The van der Waals surface area contributed by atoms with Crippen LogP contribution in [-0.4, -0.2) is 39.0 Å². The van der Waals surface area contributed by atoms with Gasteiger partial charge in [-0.15, -0.1) is 5.10 Å². The lowest BCUT2D eigenvalue weighted by molar-refractivity contribution is 0.0952. The van der Waals surface area contributed by atoms with Crippen molar-refractivity contribution in [1.29, 1.82) is 0 Å². The van der Waals surface area contributed by atoms with Gasteiger partial charge in [-0.25, -0.2) is 4.98 Å². The Hall–Kier alpha value is -2.44. The van der Waals surface area contributed by atoms with Crippen LogP contribution in [0.2, 0.25) is 0 Å². The number of pyridine rings is 1. The van der Waals surface area contributed by atoms with Gasteiger partial charge in [0.25, 0.3) is 5.91 Å². The molecule has 2 N–H and O–H groups in total. The summed E-state index contributed by atoms with van der Waals surface area (Å²) in [6.45, 7) is 3.84. The number of rotatable bonds is 6. The fraction of sp³-hybridized carbons (Fsp3) is 0.333. The van der Waals surface area contributed by atoms with E-state index in [2.05, 4.69) is 25.9 Å². The molecule has 2 aromatic rings. The van der Waals surface area contributed by atoms with E-state index < -0.39 is 0 Å². The van der Waals surface area contributed by atoms with Gasteiger partial charge in [0.2, 0.25) is 0 Å². The van der Waals surface area contributed by atoms with Crippen molar-refractivity contribution in [2.24, 2.45) is 0 Å². The molecule has 0 aliphatic rings. The van der Waals surface area contributed by atoms with Crippen LogP contribution in [0, 0.1) is 0 Å². The molecule has 1 amide bonds. The van der Waals surface area contributed by atoms with E-state index in [0.717, 1.165) is 6.54 Å². The zero-order chi connectivity index (χ0) is 13.5. The highest BCUT2D eigenvalue weighted by Crippen LogP contribution is 2.06. The van der Waals surface area contributed by atoms with Gasteiger partial charge in [0.1, 0.15) is 5.82 Å². The SMILES string of the molecule is CCNc1cc(C(=O)NCCn2ccnn2)ccn1. The van der Waals surface area contributed by atoms with Crippen molar-refractivity contribution in [1.82, 2.24) is 25.3 Å². The van der Waals surface area contributed by atoms with Crippen LogP contribution < -0.4 is 10.6 Å². The normalized spacial score (nSPS) is 10.2. The Bertz CT molecular complexity index is 525. The molecule has 0 atom stereocenters. The van der Waals surface area contributed by atoms with Crippen LogP contribution >= 0.6 is 0 Å². The zero-order valence-electron chi connectivity index (χ0n) is 10.7. The second kappa shape index (κ2) is 6.48. The van der Waals surface area contributed by atoms with E-state index >= 15 is 0 Å². The minimum absolute atomic E-state index is 0.123. The van der Waals surface area contributed by atoms with Crippen molar-refractivity contribution in [3.63, 3.8) is 0 Å². The molecule has 0 unspecified atom stereocenters. The Morgan fingerprint density at radius 1 is 1.42 bits per heavy atom. The lowest BCUT2D eigenvalue weighted by Gasteiger charge is -2.07. The first-order valence-electron chi connectivity index (χ1n) is 6.12. The van der Waals surface area contributed by atoms with Gasteiger partial charge in [0.05, 0.1) is 12.7 Å². The van der Waals surface area contributed by atoms with Crippen molar-refractivity contribution < 1.29 is 4.79 Å². The molecule has 7 heteroatoms. The topological polar surface area (TPSA) is 84.7 Å². The molecule has 0 aromatic carbocycles. The Morgan fingerprint density at radius 2 is 2.32 bits per heavy atom. The maximum absolute atomic E-state index is 11.9. The van der Waals surface area contributed by atoms with Crippen molar-refractivity contribution in [2.45, 2.75) is 13.5 Å². The van der Waals surface area contributed by atoms with E-state index in [1.807, 2.05) is 6.92 Å². The molecular weight excluding hydrogens is 244 g/mol. The molecular formula is C12H16N6O. The molecule has 0 saturated carbocycles. The number of carbonyl (C=O) groups is 1. The molecule has 0 saturated heterocycles. The molecule has 0 spiro atoms. The maximum atomic E-state index is 11.9. The summed E-state index contributed by atoms with van der Waals surface area (Å²) in [6, 6.07) is 3.42. The van der Waals surface area contributed by atoms with Crippen LogP contribution in [0.1, 0.15) is 17.3 Å². The lowest BCUT2D eigenvalue weighted by atomic mass is 10.2. The molecule has 0 bridgehead atoms. The number of amides is 1. The third-order valence-corrected chi connectivity index (χ3v) is 2.48. The number of aromatic nitrogens is 4. The Balaban J connectivity index is 1.87. The van der Waals surface area contributed by atoms with Crippen LogP contribution in [0.25, 0.3) is 0 Å². The summed E-state index contributed by atoms with van der Waals surface area (Å²) < 4.78 is 1.66. The molecule has 7 nitrogen and oxygen atoms in total. The number of carbonyl (C=O) groups excluding carboxylic acids is 1. The van der Waals surface area contributed by atoms with E-state index in [0.29, 0.717) is 24.5 Å². The lowest BCUT2D eigenvalue weighted by Crippen LogP contribution is -2.27. The number of hydrogen-bond acceptors (Lipinski definition) is 5. The van der Waals surface area contributed by atoms with E-state index in [4.69, 9.17) is 0 Å². The van der Waals surface area contributed by atoms with Crippen LogP contribution in [0.5, 0.6) is 0 Å². The van der Waals surface area contributed by atoms with Gasteiger partial charge in [-0.3, -0.25) is 9.48 Å². The summed E-state index contributed by atoms with van der Waals surface area (Å²) in [5.74, 6) is 0.577. The molecule has 100 valence electrons. The third-order valence-electron chi connectivity index (χ3n) is 2.48. The van der Waals surface area contributed by atoms with Crippen LogP contribution in [0.15, 0.2) is 30.7 Å². The molecule has 0 fully saturated rings. The first kappa shape index (κ1) is 13.0. The summed E-state index contributed by atoms with van der Waals surface area (Å²) in [4.78, 5) is 16.0. The number of nitrogens with one attached hydrogen (secondary N) is 2. The molecule has 2 rings (SSSR count). The average Bonchev–Trinajstić information content (AvgIpc) is 2.92. The third kappa shape index (κ3) is 3.77. The molecule has 2 aromatic heterocycles. The first-order chi connectivity index (χ1) is 9.29. The number of hydrogen-bond donors (Lipinski definition) is 2. The highest BCUT2D eigenvalue weighted by atomic mass is 16.1. The zero-order valence-corrected chi connectivity index (χ0v) is 10.7. The van der Waals surface area contributed by atoms with Crippen LogP contribution in [0.3, 0.4) is 0 Å². The van der Waals surface area contributed by atoms with Crippen LogP contribution in [0.4, 0.5) is 5.82 Å². The second-order valence-corrected chi connectivity index (χ2v) is 3.88. The van der Waals surface area contributed by atoms with Crippen molar-refractivity contribution in [2.75, 3.05) is 18.4 Å². The van der Waals surface area contributed by atoms with Gasteiger partial charge in [0, 0.05) is 31.0 Å². The first-order valence-corrected chi connectivity index (χ1v) is 6.12. The van der Waals surface area contributed by atoms with E-state index in [9.17, 15) is 4.79 Å². The van der Waals surface area contributed by atoms with E-state index in [1.165, 1.54) is 0 Å². The van der Waals surface area contributed by atoms with Gasteiger partial charge >= 0.3 is 0 Å². The Labute approximate surface area is 111 Å². The standard InChI is InChI=1S/C12H16N6O/c1-2-13-11-9-10(3-4-14-11)12(19)15-5-7-18-8-6-16-17-18/h3-4,6,8-9H,2,5,7H2,1H3,(H,13,14)(H,15,19). The number of anilines is 1. The Kier molecular flexibility index (Phi) is 4.44. The minimum atomic E-state index is -0.123. The quantitative estimate of drug-likeness (QED) is 0.791. The summed E-state index contributed by atoms with van der Waals surface area (Å²) >= 11 is 0. The fourth-order valence-electron chi connectivity index (χ4n) is 1.59. The summed E-state index contributed by atoms with van der Waals surface area (Å²) in [5, 5.41) is 13.4. The summed E-state index contributed by atoms with van der Waals surface area (Å²) in [6.07, 6.45) is 4.97. The smallest absolute Gasteiger partial charge is 0.251 e. The largest absolute Gasteiger partial charge is 0.370 e. The van der Waals surface area contributed by atoms with Crippen molar-refractivity contribution in [3.8, 4) is 0 Å². The summed E-state index contributed by atoms with van der Waals surface area (Å²) in [5.41, 5.74) is 0.588. The minimum Gasteiger partial charge on any atom is -0.370 e. The van der Waals surface area contributed by atoms with E-state index in [-0.39, 0.29) is 5.91 Å². The van der Waals surface area contributed by atoms with Gasteiger partial charge in [-0.2, -0.15) is 0 Å². The molecule has 0 radical (unpaired) electrons. The van der Waals surface area contributed by atoms with Crippen molar-refractivity contribution >= 4 is 11.7 Å². The number of nitrogens with zero attached hydrogens (tertiary/aromatic N) is 4. The fourth-order valence-corrected chi connectivity index (χ4v) is 1.59. The van der Waals surface area contributed by atoms with Crippen molar-refractivity contribution in [3.05, 3.63) is 36.3 Å². The van der Waals surface area contributed by atoms with Gasteiger partial charge in [-0.05, 0) is 19.1 Å². The molecule has 19 heavy (non-hydrogen) atoms. The predicted molar refractivity (Wildman–Crippen MR) is 70.8 cm³/mol. The highest BCUT2D eigenvalue weighted by molar-refractivity contribution is 5.94. The Morgan fingerprint density at radius 3 is 3.05 bits per heavy atom. The second-order valence-electron chi connectivity index (χ2n) is 3.88. The van der Waals surface area contributed by atoms with Crippen LogP contribution in [-0.2, 0) is 6.54 Å². The van der Waals surface area contributed by atoms with E-state index in [1.54, 1.807) is 35.4 Å². The van der Waals surface area contributed by atoms with Gasteiger partial charge in [0.15, 0.2) is 0 Å². The molecule has 0 aliphatic heterocycles. The monoisotopic (exact) mass is 260 g/mol. The predicted octanol–water partition coefficient (Wildman–Crippen LogP) is 0.535. The van der Waals surface area contributed by atoms with Gasteiger partial charge < -0.3 is 10.6 Å². The maximum Gasteiger partial charge on any atom is 0.251 e.